The van der Waals surface area contributed by atoms with Gasteiger partial charge in [0.1, 0.15) is 5.69 Å². The standard InChI is InChI=1S/C12H9ClFN3O2/c13-8-2-1-3-10(12(8)14)16-7-4-5-11(17(18)19)9(15)6-7/h1-6,16H,15H2. The van der Waals surface area contributed by atoms with Crippen LogP contribution >= 0.6 is 11.6 Å². The lowest BCUT2D eigenvalue weighted by Gasteiger charge is -2.09. The van der Waals surface area contributed by atoms with E-state index in [0.717, 1.165) is 0 Å². The zero-order valence-electron chi connectivity index (χ0n) is 9.56. The van der Waals surface area contributed by atoms with Crippen LogP contribution in [0.15, 0.2) is 36.4 Å². The summed E-state index contributed by atoms with van der Waals surface area (Å²) in [7, 11) is 0. The Morgan fingerprint density at radius 3 is 2.68 bits per heavy atom. The molecule has 0 aliphatic carbocycles. The number of rotatable bonds is 3. The minimum atomic E-state index is -0.596. The van der Waals surface area contributed by atoms with E-state index in [0.29, 0.717) is 5.69 Å². The summed E-state index contributed by atoms with van der Waals surface area (Å²) in [6.45, 7) is 0. The van der Waals surface area contributed by atoms with Crippen molar-refractivity contribution in [2.75, 3.05) is 11.1 Å². The molecule has 5 nitrogen and oxygen atoms in total. The summed E-state index contributed by atoms with van der Waals surface area (Å²) in [5.41, 5.74) is 5.94. The monoisotopic (exact) mass is 281 g/mol. The molecule has 0 amide bonds. The molecule has 0 unspecified atom stereocenters. The van der Waals surface area contributed by atoms with Crippen LogP contribution in [0, 0.1) is 15.9 Å². The van der Waals surface area contributed by atoms with E-state index in [9.17, 15) is 14.5 Å². The van der Waals surface area contributed by atoms with Crippen LogP contribution in [0.5, 0.6) is 0 Å². The first-order valence-corrected chi connectivity index (χ1v) is 5.62. The highest BCUT2D eigenvalue weighted by molar-refractivity contribution is 6.31. The van der Waals surface area contributed by atoms with E-state index >= 15 is 0 Å². The maximum atomic E-state index is 13.7. The van der Waals surface area contributed by atoms with E-state index in [4.69, 9.17) is 17.3 Å². The molecule has 0 aliphatic heterocycles. The first-order chi connectivity index (χ1) is 8.99. The van der Waals surface area contributed by atoms with Crippen molar-refractivity contribution in [2.45, 2.75) is 0 Å². The van der Waals surface area contributed by atoms with Crippen LogP contribution in [0.1, 0.15) is 0 Å². The lowest BCUT2D eigenvalue weighted by atomic mass is 10.2. The van der Waals surface area contributed by atoms with Crippen molar-refractivity contribution in [3.8, 4) is 0 Å². The summed E-state index contributed by atoms with van der Waals surface area (Å²) in [5.74, 6) is -0.596. The van der Waals surface area contributed by atoms with Gasteiger partial charge in [-0.15, -0.1) is 0 Å². The number of hydrogen-bond donors (Lipinski definition) is 2. The van der Waals surface area contributed by atoms with Crippen LogP contribution in [-0.4, -0.2) is 4.92 Å². The summed E-state index contributed by atoms with van der Waals surface area (Å²) >= 11 is 5.65. The van der Waals surface area contributed by atoms with E-state index < -0.39 is 10.7 Å². The van der Waals surface area contributed by atoms with Gasteiger partial charge in [-0.05, 0) is 24.3 Å². The van der Waals surface area contributed by atoms with Gasteiger partial charge in [-0.2, -0.15) is 0 Å². The van der Waals surface area contributed by atoms with Gasteiger partial charge in [0.15, 0.2) is 5.82 Å². The highest BCUT2D eigenvalue weighted by Crippen LogP contribution is 2.29. The molecule has 0 bridgehead atoms. The van der Waals surface area contributed by atoms with Crippen LogP contribution in [0.2, 0.25) is 5.02 Å². The summed E-state index contributed by atoms with van der Waals surface area (Å²) in [4.78, 5) is 10.0. The number of nitrogens with zero attached hydrogens (tertiary/aromatic N) is 1. The Morgan fingerprint density at radius 2 is 2.05 bits per heavy atom. The summed E-state index contributed by atoms with van der Waals surface area (Å²) < 4.78 is 13.7. The third-order valence-corrected chi connectivity index (χ3v) is 2.75. The molecule has 0 saturated heterocycles. The van der Waals surface area contributed by atoms with E-state index in [2.05, 4.69) is 5.32 Å². The van der Waals surface area contributed by atoms with Gasteiger partial charge in [0, 0.05) is 11.8 Å². The quantitative estimate of drug-likeness (QED) is 0.510. The van der Waals surface area contributed by atoms with Gasteiger partial charge in [0.2, 0.25) is 0 Å². The van der Waals surface area contributed by atoms with Crippen molar-refractivity contribution in [2.24, 2.45) is 0 Å². The number of nitrogen functional groups attached to an aromatic ring is 1. The zero-order valence-corrected chi connectivity index (χ0v) is 10.3. The summed E-state index contributed by atoms with van der Waals surface area (Å²) in [6.07, 6.45) is 0. The normalized spacial score (nSPS) is 10.2. The lowest BCUT2D eigenvalue weighted by Crippen LogP contribution is -1.98. The third-order valence-electron chi connectivity index (χ3n) is 2.45. The van der Waals surface area contributed by atoms with E-state index in [1.165, 1.54) is 30.3 Å². The van der Waals surface area contributed by atoms with Crippen LogP contribution < -0.4 is 11.1 Å². The number of nitro groups is 1. The van der Waals surface area contributed by atoms with Gasteiger partial charge in [0.25, 0.3) is 5.69 Å². The van der Waals surface area contributed by atoms with Gasteiger partial charge < -0.3 is 11.1 Å². The molecule has 0 fully saturated rings. The molecule has 2 aromatic carbocycles. The molecule has 19 heavy (non-hydrogen) atoms. The number of halogens is 2. The molecule has 3 N–H and O–H groups in total. The molecular formula is C12H9ClFN3O2. The predicted molar refractivity (Wildman–Crippen MR) is 72.2 cm³/mol. The fourth-order valence-corrected chi connectivity index (χ4v) is 1.73. The van der Waals surface area contributed by atoms with Gasteiger partial charge in [-0.25, -0.2) is 4.39 Å². The fourth-order valence-electron chi connectivity index (χ4n) is 1.55. The number of nitrogens with one attached hydrogen (secondary N) is 1. The number of nitrogens with two attached hydrogens (primary N) is 1. The van der Waals surface area contributed by atoms with Gasteiger partial charge in [-0.3, -0.25) is 10.1 Å². The molecule has 0 aliphatic rings. The molecule has 98 valence electrons. The lowest BCUT2D eigenvalue weighted by molar-refractivity contribution is -0.383. The van der Waals surface area contributed by atoms with Crippen molar-refractivity contribution in [3.05, 3.63) is 57.4 Å². The van der Waals surface area contributed by atoms with Crippen molar-refractivity contribution in [1.82, 2.24) is 0 Å². The van der Waals surface area contributed by atoms with Crippen molar-refractivity contribution < 1.29 is 9.31 Å². The maximum absolute atomic E-state index is 13.7. The minimum Gasteiger partial charge on any atom is -0.393 e. The highest BCUT2D eigenvalue weighted by Gasteiger charge is 2.12. The first-order valence-electron chi connectivity index (χ1n) is 5.24. The average molecular weight is 282 g/mol. The Hall–Kier alpha value is -2.34. The van der Waals surface area contributed by atoms with Crippen molar-refractivity contribution in [1.29, 1.82) is 0 Å². The molecule has 0 saturated carbocycles. The second-order valence-corrected chi connectivity index (χ2v) is 4.16. The molecule has 2 rings (SSSR count). The molecule has 2 aromatic rings. The van der Waals surface area contributed by atoms with Crippen LogP contribution in [0.4, 0.5) is 27.1 Å². The topological polar surface area (TPSA) is 81.2 Å². The van der Waals surface area contributed by atoms with Crippen LogP contribution in [0.3, 0.4) is 0 Å². The summed E-state index contributed by atoms with van der Waals surface area (Å²) in [5, 5.41) is 13.4. The second kappa shape index (κ2) is 5.11. The van der Waals surface area contributed by atoms with E-state index in [1.54, 1.807) is 6.07 Å². The van der Waals surface area contributed by atoms with Gasteiger partial charge in [-0.1, -0.05) is 17.7 Å². The number of nitro benzene ring substituents is 1. The largest absolute Gasteiger partial charge is 0.393 e. The van der Waals surface area contributed by atoms with Crippen LogP contribution in [0.25, 0.3) is 0 Å². The third kappa shape index (κ3) is 2.74. The summed E-state index contributed by atoms with van der Waals surface area (Å²) in [6, 6.07) is 8.56. The zero-order chi connectivity index (χ0) is 14.0. The molecule has 0 heterocycles. The molecule has 0 radical (unpaired) electrons. The molecule has 0 atom stereocenters. The van der Waals surface area contributed by atoms with Crippen LogP contribution in [-0.2, 0) is 0 Å². The maximum Gasteiger partial charge on any atom is 0.292 e. The number of anilines is 3. The second-order valence-electron chi connectivity index (χ2n) is 3.76. The molecule has 0 spiro atoms. The fraction of sp³-hybridized carbons (Fsp3) is 0. The Kier molecular flexibility index (Phi) is 3.52. The average Bonchev–Trinajstić information content (AvgIpc) is 2.34. The Labute approximate surface area is 113 Å². The Bertz CT molecular complexity index is 649. The van der Waals surface area contributed by atoms with Crippen molar-refractivity contribution in [3.63, 3.8) is 0 Å². The molecule has 0 aromatic heterocycles. The number of benzene rings is 2. The first kappa shape index (κ1) is 13.1. The van der Waals surface area contributed by atoms with Gasteiger partial charge in [0.05, 0.1) is 15.6 Å². The molecular weight excluding hydrogens is 273 g/mol. The Morgan fingerprint density at radius 1 is 1.32 bits per heavy atom. The van der Waals surface area contributed by atoms with E-state index in [1.807, 2.05) is 0 Å². The Balaban J connectivity index is 2.32. The number of hydrogen-bond acceptors (Lipinski definition) is 4. The van der Waals surface area contributed by atoms with E-state index in [-0.39, 0.29) is 22.1 Å². The highest BCUT2D eigenvalue weighted by atomic mass is 35.5. The smallest absolute Gasteiger partial charge is 0.292 e. The predicted octanol–water partition coefficient (Wildman–Crippen LogP) is 3.71. The van der Waals surface area contributed by atoms with Gasteiger partial charge >= 0.3 is 0 Å². The minimum absolute atomic E-state index is 0.00237. The van der Waals surface area contributed by atoms with Crippen molar-refractivity contribution >= 4 is 34.4 Å². The SMILES string of the molecule is Nc1cc(Nc2cccc(Cl)c2F)ccc1[N+](=O)[O-]. The molecule has 7 heteroatoms.